The molecule has 0 aliphatic rings. The van der Waals surface area contributed by atoms with E-state index in [1.807, 2.05) is 5.43 Å². The number of hydrogen-bond acceptors (Lipinski definition) is 6. The van der Waals surface area contributed by atoms with Gasteiger partial charge in [-0.25, -0.2) is 5.43 Å². The van der Waals surface area contributed by atoms with Crippen molar-refractivity contribution >= 4 is 34.8 Å². The second kappa shape index (κ2) is 5.41. The molecule has 0 rings (SSSR count). The first-order chi connectivity index (χ1) is 5.11. The summed E-state index contributed by atoms with van der Waals surface area (Å²) in [5, 5.41) is 0. The van der Waals surface area contributed by atoms with Gasteiger partial charge in [0.1, 0.15) is 12.6 Å². The van der Waals surface area contributed by atoms with Crippen LogP contribution in [-0.2, 0) is 12.7 Å². The van der Waals surface area contributed by atoms with Gasteiger partial charge in [0.25, 0.3) is 0 Å². The first-order valence-electron chi connectivity index (χ1n) is 2.67. The van der Waals surface area contributed by atoms with E-state index in [1.165, 1.54) is 23.0 Å². The van der Waals surface area contributed by atoms with Gasteiger partial charge in [-0.1, -0.05) is 0 Å². The smallest absolute Gasteiger partial charge is 0.322 e. The van der Waals surface area contributed by atoms with E-state index in [-0.39, 0.29) is 6.42 Å². The summed E-state index contributed by atoms with van der Waals surface area (Å²) in [4.78, 5) is 21.2. The van der Waals surface area contributed by atoms with Crippen molar-refractivity contribution in [1.82, 2.24) is 5.43 Å². The molecule has 5 N–H and O–H groups in total. The fourth-order valence-corrected chi connectivity index (χ4v) is 0.528. The van der Waals surface area contributed by atoms with Gasteiger partial charge >= 0.3 is 5.97 Å². The third-order valence-corrected chi connectivity index (χ3v) is 1.42. The minimum Gasteiger partial charge on any atom is -0.394 e. The highest BCUT2D eigenvalue weighted by molar-refractivity contribution is 14.1. The number of rotatable bonds is 4. The third-order valence-electron chi connectivity index (χ3n) is 0.931. The molecule has 0 aliphatic carbocycles. The molecule has 6 nitrogen and oxygen atoms in total. The van der Waals surface area contributed by atoms with Gasteiger partial charge in [0.15, 0.2) is 28.8 Å². The van der Waals surface area contributed by atoms with Crippen LogP contribution in [0.4, 0.5) is 0 Å². The topological polar surface area (TPSA) is 107 Å². The van der Waals surface area contributed by atoms with E-state index in [1.54, 1.807) is 0 Å². The molecule has 11 heavy (non-hydrogen) atoms. The lowest BCUT2D eigenvalue weighted by atomic mass is 10.2. The lowest BCUT2D eigenvalue weighted by molar-refractivity contribution is -0.136. The predicted molar refractivity (Wildman–Crippen MR) is 45.0 cm³/mol. The van der Waals surface area contributed by atoms with Crippen LogP contribution in [0.3, 0.4) is 0 Å². The van der Waals surface area contributed by atoms with Crippen molar-refractivity contribution < 1.29 is 12.7 Å². The Morgan fingerprint density at radius 3 is 2.55 bits per heavy atom. The van der Waals surface area contributed by atoms with Gasteiger partial charge in [-0.3, -0.25) is 15.4 Å². The van der Waals surface area contributed by atoms with Crippen LogP contribution in [0.5, 0.6) is 0 Å². The Hall–Kier alpha value is -0.250. The van der Waals surface area contributed by atoms with Crippen molar-refractivity contribution in [1.29, 1.82) is 0 Å². The summed E-state index contributed by atoms with van der Waals surface area (Å²) in [6.07, 6.45) is -1.38. The average molecular weight is 273 g/mol. The Kier molecular flexibility index (Phi) is 5.28. The van der Waals surface area contributed by atoms with Crippen LogP contribution in [0, 0.1) is 0 Å². The van der Waals surface area contributed by atoms with E-state index in [9.17, 15) is 9.59 Å². The van der Waals surface area contributed by atoms with Crippen LogP contribution in [0.2, 0.25) is 0 Å². The highest BCUT2D eigenvalue weighted by Gasteiger charge is 2.15. The first kappa shape index (κ1) is 10.8. The molecule has 64 valence electrons. The molecular weight excluding hydrogens is 265 g/mol. The molecule has 0 heterocycles. The van der Waals surface area contributed by atoms with Gasteiger partial charge in [0.2, 0.25) is 0 Å². The molecule has 0 aliphatic heterocycles. The van der Waals surface area contributed by atoms with Gasteiger partial charge in [-0.2, -0.15) is 0 Å². The van der Waals surface area contributed by atoms with E-state index in [0.29, 0.717) is 0 Å². The molecule has 0 amide bonds. The van der Waals surface area contributed by atoms with E-state index < -0.39 is 17.9 Å². The summed E-state index contributed by atoms with van der Waals surface area (Å²) >= 11 is 1.39. The Morgan fingerprint density at radius 2 is 2.18 bits per heavy atom. The summed E-state index contributed by atoms with van der Waals surface area (Å²) in [7, 11) is 0. The van der Waals surface area contributed by atoms with Crippen molar-refractivity contribution in [2.45, 2.75) is 12.6 Å². The average Bonchev–Trinajstić information content (AvgIpc) is 2.02. The molecule has 1 unspecified atom stereocenters. The zero-order valence-electron chi connectivity index (χ0n) is 5.54. The molecule has 0 spiro atoms. The number of carbonyl (C=O) groups excluding carboxylic acids is 2. The van der Waals surface area contributed by atoms with E-state index in [0.717, 1.165) is 0 Å². The van der Waals surface area contributed by atoms with Crippen molar-refractivity contribution in [2.75, 3.05) is 0 Å². The minimum atomic E-state index is -1.01. The monoisotopic (exact) mass is 273 g/mol. The number of carbonyl (C=O) groups is 2. The molecule has 1 atom stereocenters. The Morgan fingerprint density at radius 1 is 1.64 bits per heavy atom. The number of halogens is 1. The molecule has 0 bridgehead atoms. The van der Waals surface area contributed by atoms with Crippen molar-refractivity contribution in [3.8, 4) is 0 Å². The standard InChI is InChI=1S/C4H8IN3O3/c5-11-3(10)1-2(9)4(6)8-7/h4,8H,1,6-7H2. The summed E-state index contributed by atoms with van der Waals surface area (Å²) in [6, 6.07) is 0. The Bertz CT molecular complexity index is 163. The van der Waals surface area contributed by atoms with Crippen molar-refractivity contribution in [2.24, 2.45) is 11.6 Å². The lowest BCUT2D eigenvalue weighted by Crippen LogP contribution is -2.48. The fourth-order valence-electron chi connectivity index (χ4n) is 0.372. The van der Waals surface area contributed by atoms with Crippen LogP contribution < -0.4 is 17.0 Å². The molecule has 0 radical (unpaired) electrons. The Labute approximate surface area is 77.3 Å². The van der Waals surface area contributed by atoms with Gasteiger partial charge < -0.3 is 8.80 Å². The zero-order valence-corrected chi connectivity index (χ0v) is 7.70. The number of nitrogens with two attached hydrogens (primary N) is 2. The maximum atomic E-state index is 10.8. The summed E-state index contributed by atoms with van der Waals surface area (Å²) in [5.41, 5.74) is 7.14. The summed E-state index contributed by atoms with van der Waals surface area (Å²) in [5.74, 6) is 3.70. The van der Waals surface area contributed by atoms with E-state index in [2.05, 4.69) is 3.07 Å². The predicted octanol–water partition coefficient (Wildman–Crippen LogP) is -1.41. The fraction of sp³-hybridized carbons (Fsp3) is 0.500. The SMILES string of the molecule is NNC(N)C(=O)CC(=O)OI. The molecule has 0 aromatic rings. The van der Waals surface area contributed by atoms with Crippen LogP contribution >= 0.6 is 23.0 Å². The maximum Gasteiger partial charge on any atom is 0.322 e. The number of Topliss-reactive ketones (excluding diaryl/α,β-unsaturated/α-hetero) is 1. The van der Waals surface area contributed by atoms with Gasteiger partial charge in [0, 0.05) is 0 Å². The molecule has 0 saturated heterocycles. The second-order valence-corrected chi connectivity index (χ2v) is 2.18. The number of nitrogens with one attached hydrogen (secondary N) is 1. The van der Waals surface area contributed by atoms with E-state index >= 15 is 0 Å². The normalized spacial score (nSPS) is 12.3. The van der Waals surface area contributed by atoms with Crippen LogP contribution in [0.15, 0.2) is 0 Å². The lowest BCUT2D eigenvalue weighted by Gasteiger charge is -2.05. The molecular formula is C4H8IN3O3. The van der Waals surface area contributed by atoms with Crippen LogP contribution in [0.1, 0.15) is 6.42 Å². The summed E-state index contributed by atoms with van der Waals surface area (Å²) in [6.45, 7) is 0. The largest absolute Gasteiger partial charge is 0.394 e. The van der Waals surface area contributed by atoms with Crippen LogP contribution in [-0.4, -0.2) is 17.9 Å². The quantitative estimate of drug-likeness (QED) is 0.191. The number of hydrazine groups is 1. The highest BCUT2D eigenvalue weighted by Crippen LogP contribution is 1.94. The molecule has 0 aromatic carbocycles. The number of hydrogen-bond donors (Lipinski definition) is 3. The summed E-state index contributed by atoms with van der Waals surface area (Å²) < 4.78 is 4.20. The van der Waals surface area contributed by atoms with Gasteiger partial charge in [0.05, 0.1) is 0 Å². The van der Waals surface area contributed by atoms with Crippen LogP contribution in [0.25, 0.3) is 0 Å². The van der Waals surface area contributed by atoms with E-state index in [4.69, 9.17) is 11.6 Å². The molecule has 0 saturated carbocycles. The minimum absolute atomic E-state index is 0.367. The number of ketones is 1. The zero-order chi connectivity index (χ0) is 8.85. The molecule has 0 fully saturated rings. The molecule has 7 heteroatoms. The maximum absolute atomic E-state index is 10.8. The van der Waals surface area contributed by atoms with Gasteiger partial charge in [-0.05, 0) is 0 Å². The van der Waals surface area contributed by atoms with Crippen molar-refractivity contribution in [3.63, 3.8) is 0 Å². The first-order valence-corrected chi connectivity index (χ1v) is 3.55. The van der Waals surface area contributed by atoms with Gasteiger partial charge in [-0.15, -0.1) is 0 Å². The third kappa shape index (κ3) is 4.24. The van der Waals surface area contributed by atoms with Crippen molar-refractivity contribution in [3.05, 3.63) is 0 Å². The molecule has 0 aromatic heterocycles. The highest BCUT2D eigenvalue weighted by atomic mass is 127. The second-order valence-electron chi connectivity index (χ2n) is 1.74. The Balaban J connectivity index is 3.77.